The van der Waals surface area contributed by atoms with E-state index in [0.29, 0.717) is 0 Å². The van der Waals surface area contributed by atoms with E-state index in [1.54, 1.807) is 0 Å². The molecule has 0 aliphatic carbocycles. The zero-order valence-electron chi connectivity index (χ0n) is 8.25. The van der Waals surface area contributed by atoms with E-state index in [0.717, 1.165) is 25.9 Å². The smallest absolute Gasteiger partial charge is 0.0697 e. The fourth-order valence-electron chi connectivity index (χ4n) is 1.12. The van der Waals surface area contributed by atoms with Crippen molar-refractivity contribution >= 4 is 0 Å². The van der Waals surface area contributed by atoms with Gasteiger partial charge in [0.1, 0.15) is 0 Å². The van der Waals surface area contributed by atoms with E-state index in [1.807, 2.05) is 19.9 Å². The Labute approximate surface area is 75.8 Å². The molecule has 0 heterocycles. The van der Waals surface area contributed by atoms with Crippen LogP contribution >= 0.6 is 0 Å². The summed E-state index contributed by atoms with van der Waals surface area (Å²) in [4.78, 5) is 0. The zero-order valence-corrected chi connectivity index (χ0v) is 8.25. The van der Waals surface area contributed by atoms with Gasteiger partial charge in [0.05, 0.1) is 6.10 Å². The molecular formula is C10H21NO. The molecule has 0 fully saturated rings. The molecule has 0 aliphatic rings. The van der Waals surface area contributed by atoms with Gasteiger partial charge in [-0.25, -0.2) is 0 Å². The summed E-state index contributed by atoms with van der Waals surface area (Å²) in [5.74, 6) is 0. The molecule has 0 radical (unpaired) electrons. The first-order valence-electron chi connectivity index (χ1n) is 4.70. The molecule has 0 aromatic rings. The predicted octanol–water partition coefficient (Wildman–Crippen LogP) is 2.09. The van der Waals surface area contributed by atoms with Crippen molar-refractivity contribution in [3.63, 3.8) is 0 Å². The Morgan fingerprint density at radius 1 is 1.58 bits per heavy atom. The summed E-state index contributed by atoms with van der Waals surface area (Å²) >= 11 is 0. The molecule has 2 unspecified atom stereocenters. The molecule has 2 N–H and O–H groups in total. The molecule has 0 bridgehead atoms. The summed E-state index contributed by atoms with van der Waals surface area (Å²) in [6.45, 7) is 8.44. The van der Waals surface area contributed by atoms with Crippen LogP contribution in [0.15, 0.2) is 12.7 Å². The van der Waals surface area contributed by atoms with E-state index in [-0.39, 0.29) is 12.1 Å². The molecule has 0 rings (SSSR count). The number of unbranched alkanes of at least 4 members (excludes halogenated alkanes) is 1. The van der Waals surface area contributed by atoms with Crippen molar-refractivity contribution in [3.8, 4) is 0 Å². The topological polar surface area (TPSA) is 35.2 Å². The lowest BCUT2D eigenvalue weighted by Crippen LogP contribution is -2.34. The fourth-order valence-corrected chi connectivity index (χ4v) is 1.12. The van der Waals surface area contributed by atoms with Gasteiger partial charge >= 0.3 is 0 Å². The van der Waals surface area contributed by atoms with Crippen molar-refractivity contribution in [2.24, 2.45) is 5.73 Å². The second-order valence-corrected chi connectivity index (χ2v) is 3.04. The van der Waals surface area contributed by atoms with Crippen molar-refractivity contribution in [2.75, 3.05) is 6.61 Å². The van der Waals surface area contributed by atoms with E-state index < -0.39 is 0 Å². The highest BCUT2D eigenvalue weighted by molar-refractivity contribution is 4.72. The normalized spacial score (nSPS) is 15.6. The number of nitrogens with two attached hydrogens (primary N) is 1. The third-order valence-corrected chi connectivity index (χ3v) is 1.98. The minimum absolute atomic E-state index is 0.171. The van der Waals surface area contributed by atoms with Gasteiger partial charge in [-0.2, -0.15) is 0 Å². The quantitative estimate of drug-likeness (QED) is 0.470. The number of allylic oxidation sites excluding steroid dienone is 1. The Morgan fingerprint density at radius 2 is 2.25 bits per heavy atom. The molecule has 0 saturated carbocycles. The SMILES string of the molecule is C=CCCCC(N)C(C)OCC. The van der Waals surface area contributed by atoms with Crippen LogP contribution in [0.25, 0.3) is 0 Å². The summed E-state index contributed by atoms with van der Waals surface area (Å²) in [5.41, 5.74) is 5.88. The van der Waals surface area contributed by atoms with E-state index in [9.17, 15) is 0 Å². The maximum absolute atomic E-state index is 5.88. The minimum atomic E-state index is 0.171. The lowest BCUT2D eigenvalue weighted by Gasteiger charge is -2.19. The Balaban J connectivity index is 3.41. The van der Waals surface area contributed by atoms with Gasteiger partial charge in [0, 0.05) is 12.6 Å². The molecule has 0 amide bonds. The maximum Gasteiger partial charge on any atom is 0.0697 e. The number of hydrogen-bond donors (Lipinski definition) is 1. The molecule has 12 heavy (non-hydrogen) atoms. The molecule has 0 aromatic heterocycles. The minimum Gasteiger partial charge on any atom is -0.377 e. The van der Waals surface area contributed by atoms with Crippen LogP contribution in [-0.4, -0.2) is 18.8 Å². The largest absolute Gasteiger partial charge is 0.377 e. The summed E-state index contributed by atoms with van der Waals surface area (Å²) in [7, 11) is 0. The van der Waals surface area contributed by atoms with Crippen molar-refractivity contribution in [2.45, 2.75) is 45.3 Å². The summed E-state index contributed by atoms with van der Waals surface area (Å²) in [6.07, 6.45) is 5.29. The Kier molecular flexibility index (Phi) is 7.11. The van der Waals surface area contributed by atoms with Gasteiger partial charge in [-0.3, -0.25) is 0 Å². The standard InChI is InChI=1S/C10H21NO/c1-4-6-7-8-10(11)9(3)12-5-2/h4,9-10H,1,5-8,11H2,2-3H3. The van der Waals surface area contributed by atoms with Gasteiger partial charge in [-0.05, 0) is 33.1 Å². The van der Waals surface area contributed by atoms with Crippen LogP contribution in [0.5, 0.6) is 0 Å². The van der Waals surface area contributed by atoms with Gasteiger partial charge in [0.25, 0.3) is 0 Å². The zero-order chi connectivity index (χ0) is 9.40. The van der Waals surface area contributed by atoms with Gasteiger partial charge in [0.15, 0.2) is 0 Å². The monoisotopic (exact) mass is 171 g/mol. The Hall–Kier alpha value is -0.340. The van der Waals surface area contributed by atoms with Crippen LogP contribution in [0.1, 0.15) is 33.1 Å². The average molecular weight is 171 g/mol. The Morgan fingerprint density at radius 3 is 2.75 bits per heavy atom. The van der Waals surface area contributed by atoms with Crippen LogP contribution in [0.4, 0.5) is 0 Å². The highest BCUT2D eigenvalue weighted by Crippen LogP contribution is 2.05. The van der Waals surface area contributed by atoms with E-state index in [4.69, 9.17) is 10.5 Å². The van der Waals surface area contributed by atoms with E-state index >= 15 is 0 Å². The van der Waals surface area contributed by atoms with Gasteiger partial charge in [-0.15, -0.1) is 6.58 Å². The van der Waals surface area contributed by atoms with Crippen LogP contribution in [0.2, 0.25) is 0 Å². The number of hydrogen-bond acceptors (Lipinski definition) is 2. The third-order valence-electron chi connectivity index (χ3n) is 1.98. The molecule has 0 spiro atoms. The van der Waals surface area contributed by atoms with Gasteiger partial charge in [-0.1, -0.05) is 6.08 Å². The Bertz CT molecular complexity index is 114. The first kappa shape index (κ1) is 11.7. The molecule has 72 valence electrons. The molecular weight excluding hydrogens is 150 g/mol. The van der Waals surface area contributed by atoms with Crippen LogP contribution in [0.3, 0.4) is 0 Å². The highest BCUT2D eigenvalue weighted by Gasteiger charge is 2.10. The molecule has 2 nitrogen and oxygen atoms in total. The van der Waals surface area contributed by atoms with Crippen LogP contribution < -0.4 is 5.73 Å². The third kappa shape index (κ3) is 5.33. The fraction of sp³-hybridized carbons (Fsp3) is 0.800. The predicted molar refractivity (Wildman–Crippen MR) is 53.1 cm³/mol. The van der Waals surface area contributed by atoms with Crippen LogP contribution in [0, 0.1) is 0 Å². The first-order chi connectivity index (χ1) is 5.72. The second kappa shape index (κ2) is 7.32. The van der Waals surface area contributed by atoms with Gasteiger partial charge in [0.2, 0.25) is 0 Å². The summed E-state index contributed by atoms with van der Waals surface area (Å²) in [5, 5.41) is 0. The maximum atomic E-state index is 5.88. The average Bonchev–Trinajstić information content (AvgIpc) is 2.05. The number of rotatable bonds is 7. The van der Waals surface area contributed by atoms with Gasteiger partial charge < -0.3 is 10.5 Å². The summed E-state index contributed by atoms with van der Waals surface area (Å²) in [6, 6.07) is 0.171. The molecule has 0 saturated heterocycles. The lowest BCUT2D eigenvalue weighted by molar-refractivity contribution is 0.0552. The molecule has 2 heteroatoms. The van der Waals surface area contributed by atoms with E-state index in [1.165, 1.54) is 0 Å². The first-order valence-corrected chi connectivity index (χ1v) is 4.70. The van der Waals surface area contributed by atoms with Crippen LogP contribution in [-0.2, 0) is 4.74 Å². The van der Waals surface area contributed by atoms with E-state index in [2.05, 4.69) is 6.58 Å². The highest BCUT2D eigenvalue weighted by atomic mass is 16.5. The molecule has 0 aliphatic heterocycles. The number of ether oxygens (including phenoxy) is 1. The van der Waals surface area contributed by atoms with Crippen molar-refractivity contribution in [1.29, 1.82) is 0 Å². The van der Waals surface area contributed by atoms with Crippen molar-refractivity contribution in [1.82, 2.24) is 0 Å². The summed E-state index contributed by atoms with van der Waals surface area (Å²) < 4.78 is 5.38. The molecule has 2 atom stereocenters. The van der Waals surface area contributed by atoms with Crippen molar-refractivity contribution in [3.05, 3.63) is 12.7 Å². The molecule has 0 aromatic carbocycles. The second-order valence-electron chi connectivity index (χ2n) is 3.04. The lowest BCUT2D eigenvalue weighted by atomic mass is 10.1. The van der Waals surface area contributed by atoms with Crippen molar-refractivity contribution < 1.29 is 4.74 Å².